The molecule has 2 amide bonds. The van der Waals surface area contributed by atoms with E-state index in [1.807, 2.05) is 29.2 Å². The summed E-state index contributed by atoms with van der Waals surface area (Å²) in [4.78, 5) is 23.7. The second-order valence-corrected chi connectivity index (χ2v) is 7.72. The average Bonchev–Trinajstić information content (AvgIpc) is 2.86. The molecule has 0 unspecified atom stereocenters. The van der Waals surface area contributed by atoms with Crippen LogP contribution in [0.25, 0.3) is 0 Å². The average molecular weight is 443 g/mol. The van der Waals surface area contributed by atoms with E-state index in [2.05, 4.69) is 23.7 Å². The Hall–Kier alpha value is -3.16. The maximum Gasteiger partial charge on any atom is 0.324 e. The number of amides is 2. The fourth-order valence-corrected chi connectivity index (χ4v) is 4.01. The predicted octanol–water partition coefficient (Wildman–Crippen LogP) is 3.61. The Morgan fingerprint density at radius 2 is 1.56 bits per heavy atom. The third-order valence-electron chi connectivity index (χ3n) is 5.95. The van der Waals surface area contributed by atoms with Crippen molar-refractivity contribution in [3.8, 4) is 17.4 Å². The molecular formula is C24H34N4O4. The highest BCUT2D eigenvalue weighted by molar-refractivity contribution is 5.93. The molecule has 1 aliphatic heterocycles. The summed E-state index contributed by atoms with van der Waals surface area (Å²) in [5.41, 5.74) is 3.87. The van der Waals surface area contributed by atoms with Crippen LogP contribution in [-0.2, 0) is 12.8 Å². The van der Waals surface area contributed by atoms with E-state index in [9.17, 15) is 4.79 Å². The molecule has 3 rings (SSSR count). The normalized spacial score (nSPS) is 13.7. The first-order chi connectivity index (χ1) is 15.4. The lowest BCUT2D eigenvalue weighted by Gasteiger charge is -2.38. The highest BCUT2D eigenvalue weighted by Crippen LogP contribution is 2.31. The second kappa shape index (κ2) is 10.4. The molecular weight excluding hydrogens is 408 g/mol. The highest BCUT2D eigenvalue weighted by atomic mass is 16.5. The van der Waals surface area contributed by atoms with Crippen LogP contribution in [0.4, 0.5) is 16.2 Å². The number of carbonyl (C=O) groups excluding carboxylic acids is 1. The molecule has 0 spiro atoms. The molecule has 0 radical (unpaired) electrons. The van der Waals surface area contributed by atoms with Crippen LogP contribution in [0.15, 0.2) is 24.3 Å². The zero-order valence-electron chi connectivity index (χ0n) is 20.0. The Balaban J connectivity index is 1.73. The number of nitrogens with zero attached hydrogens (tertiary/aromatic N) is 4. The minimum absolute atomic E-state index is 0.0562. The number of hydrogen-bond donors (Lipinski definition) is 0. The predicted molar refractivity (Wildman–Crippen MR) is 127 cm³/mol. The zero-order chi connectivity index (χ0) is 23.3. The van der Waals surface area contributed by atoms with E-state index in [0.717, 1.165) is 54.4 Å². The number of benzene rings is 1. The fourth-order valence-electron chi connectivity index (χ4n) is 4.01. The van der Waals surface area contributed by atoms with Crippen LogP contribution < -0.4 is 24.0 Å². The lowest BCUT2D eigenvalue weighted by molar-refractivity contribution is 0.202. The highest BCUT2D eigenvalue weighted by Gasteiger charge is 2.27. The first-order valence-corrected chi connectivity index (χ1v) is 11.0. The summed E-state index contributed by atoms with van der Waals surface area (Å²) in [6.45, 7) is 6.85. The molecule has 174 valence electrons. The van der Waals surface area contributed by atoms with Gasteiger partial charge in [-0.25, -0.2) is 9.78 Å². The molecule has 2 heterocycles. The standard InChI is InChI=1S/C24H34N4O4/c1-7-17-13-22(23(32-6)25-21(17)8-2)26(3)24(29)28-11-9-27(10-12-28)18-14-19(30-4)16-20(15-18)31-5/h13-16H,7-12H2,1-6H3. The van der Waals surface area contributed by atoms with Crippen molar-refractivity contribution in [1.29, 1.82) is 0 Å². The molecule has 8 heteroatoms. The van der Waals surface area contributed by atoms with Gasteiger partial charge in [0.15, 0.2) is 0 Å². The summed E-state index contributed by atoms with van der Waals surface area (Å²) in [6, 6.07) is 7.81. The van der Waals surface area contributed by atoms with E-state index in [1.54, 1.807) is 33.3 Å². The molecule has 0 N–H and O–H groups in total. The maximum atomic E-state index is 13.3. The number of urea groups is 1. The summed E-state index contributed by atoms with van der Waals surface area (Å²) in [6.07, 6.45) is 1.69. The Labute approximate surface area is 190 Å². The Bertz CT molecular complexity index is 920. The molecule has 0 bridgehead atoms. The van der Waals surface area contributed by atoms with Gasteiger partial charge in [0.05, 0.1) is 21.3 Å². The number of rotatable bonds is 7. The van der Waals surface area contributed by atoms with Crippen molar-refractivity contribution in [3.63, 3.8) is 0 Å². The van der Waals surface area contributed by atoms with E-state index in [0.29, 0.717) is 24.7 Å². The van der Waals surface area contributed by atoms with Crippen LogP contribution in [0.3, 0.4) is 0 Å². The van der Waals surface area contributed by atoms with Crippen molar-refractivity contribution >= 4 is 17.4 Å². The van der Waals surface area contributed by atoms with Crippen LogP contribution in [-0.4, -0.2) is 70.5 Å². The first kappa shape index (κ1) is 23.5. The Kier molecular flexibility index (Phi) is 7.66. The third kappa shape index (κ3) is 4.84. The molecule has 1 aliphatic rings. The van der Waals surface area contributed by atoms with Crippen LogP contribution in [0.2, 0.25) is 0 Å². The minimum Gasteiger partial charge on any atom is -0.497 e. The molecule has 2 aromatic rings. The van der Waals surface area contributed by atoms with E-state index in [1.165, 1.54) is 0 Å². The molecule has 1 saturated heterocycles. The molecule has 0 saturated carbocycles. The van der Waals surface area contributed by atoms with Gasteiger partial charge in [0.2, 0.25) is 5.88 Å². The summed E-state index contributed by atoms with van der Waals surface area (Å²) in [5, 5.41) is 0. The number of hydrogen-bond acceptors (Lipinski definition) is 6. The number of piperazine rings is 1. The van der Waals surface area contributed by atoms with E-state index in [4.69, 9.17) is 14.2 Å². The molecule has 8 nitrogen and oxygen atoms in total. The van der Waals surface area contributed by atoms with E-state index < -0.39 is 0 Å². The van der Waals surface area contributed by atoms with Gasteiger partial charge in [-0.15, -0.1) is 0 Å². The molecule has 32 heavy (non-hydrogen) atoms. The van der Waals surface area contributed by atoms with Gasteiger partial charge >= 0.3 is 6.03 Å². The molecule has 1 fully saturated rings. The molecule has 1 aromatic carbocycles. The second-order valence-electron chi connectivity index (χ2n) is 7.72. The van der Waals surface area contributed by atoms with Crippen molar-refractivity contribution in [3.05, 3.63) is 35.5 Å². The summed E-state index contributed by atoms with van der Waals surface area (Å²) in [7, 11) is 6.67. The summed E-state index contributed by atoms with van der Waals surface area (Å²) >= 11 is 0. The van der Waals surface area contributed by atoms with Gasteiger partial charge in [0, 0.05) is 62.8 Å². The van der Waals surface area contributed by atoms with Gasteiger partial charge in [-0.2, -0.15) is 0 Å². The van der Waals surface area contributed by atoms with Crippen molar-refractivity contribution in [2.75, 3.05) is 64.4 Å². The van der Waals surface area contributed by atoms with Crippen LogP contribution in [0.1, 0.15) is 25.1 Å². The Morgan fingerprint density at radius 1 is 0.938 bits per heavy atom. The van der Waals surface area contributed by atoms with Gasteiger partial charge in [-0.1, -0.05) is 13.8 Å². The lowest BCUT2D eigenvalue weighted by atomic mass is 10.1. The monoisotopic (exact) mass is 442 g/mol. The van der Waals surface area contributed by atoms with Gasteiger partial charge < -0.3 is 24.0 Å². The van der Waals surface area contributed by atoms with Crippen molar-refractivity contribution in [1.82, 2.24) is 9.88 Å². The quantitative estimate of drug-likeness (QED) is 0.653. The fraction of sp³-hybridized carbons (Fsp3) is 0.500. The van der Waals surface area contributed by atoms with E-state index >= 15 is 0 Å². The number of carbonyl (C=O) groups is 1. The number of aromatic nitrogens is 1. The van der Waals surface area contributed by atoms with Gasteiger partial charge in [0.25, 0.3) is 0 Å². The largest absolute Gasteiger partial charge is 0.497 e. The maximum absolute atomic E-state index is 13.3. The van der Waals surface area contributed by atoms with Crippen molar-refractivity contribution < 1.29 is 19.0 Å². The first-order valence-electron chi connectivity index (χ1n) is 11.0. The molecule has 0 aliphatic carbocycles. The lowest BCUT2D eigenvalue weighted by Crippen LogP contribution is -2.52. The van der Waals surface area contributed by atoms with Gasteiger partial charge in [-0.3, -0.25) is 4.90 Å². The van der Waals surface area contributed by atoms with Crippen molar-refractivity contribution in [2.45, 2.75) is 26.7 Å². The topological polar surface area (TPSA) is 67.4 Å². The number of anilines is 2. The van der Waals surface area contributed by atoms with Crippen LogP contribution >= 0.6 is 0 Å². The number of methoxy groups -OCH3 is 3. The van der Waals surface area contributed by atoms with E-state index in [-0.39, 0.29) is 6.03 Å². The van der Waals surface area contributed by atoms with Gasteiger partial charge in [-0.05, 0) is 24.5 Å². The molecule has 0 atom stereocenters. The zero-order valence-corrected chi connectivity index (χ0v) is 20.0. The minimum atomic E-state index is -0.0562. The molecule has 1 aromatic heterocycles. The number of pyridine rings is 1. The number of ether oxygens (including phenoxy) is 3. The summed E-state index contributed by atoms with van der Waals surface area (Å²) < 4.78 is 16.3. The summed E-state index contributed by atoms with van der Waals surface area (Å²) in [5.74, 6) is 1.98. The number of aryl methyl sites for hydroxylation is 2. The SMILES string of the molecule is CCc1cc(N(C)C(=O)N2CCN(c3cc(OC)cc(OC)c3)CC2)c(OC)nc1CC. The van der Waals surface area contributed by atoms with Crippen LogP contribution in [0, 0.1) is 0 Å². The smallest absolute Gasteiger partial charge is 0.324 e. The third-order valence-corrected chi connectivity index (χ3v) is 5.95. The van der Waals surface area contributed by atoms with Crippen molar-refractivity contribution in [2.24, 2.45) is 0 Å². The van der Waals surface area contributed by atoms with Gasteiger partial charge in [0.1, 0.15) is 17.2 Å². The van der Waals surface area contributed by atoms with Crippen LogP contribution in [0.5, 0.6) is 17.4 Å². The Morgan fingerprint density at radius 3 is 2.06 bits per heavy atom.